The second-order valence-electron chi connectivity index (χ2n) is 1.98. The van der Waals surface area contributed by atoms with Crippen LogP contribution in [-0.4, -0.2) is 43.7 Å². The predicted octanol–water partition coefficient (Wildman–Crippen LogP) is 0.136. The number of nitrogens with zero attached hydrogens (tertiary/aromatic N) is 2. The molecule has 0 atom stereocenters. The number of carboxylic acid groups (broad SMARTS) is 2. The first-order valence-corrected chi connectivity index (χ1v) is 3.14. The molecule has 1 rings (SSSR count). The molecule has 0 unspecified atom stereocenters. The lowest BCUT2D eigenvalue weighted by molar-refractivity contribution is -0.192. The fourth-order valence-corrected chi connectivity index (χ4v) is 0.301. The first kappa shape index (κ1) is 12.9. The van der Waals surface area contributed by atoms with Crippen LogP contribution in [0, 0.1) is 0 Å². The fourth-order valence-electron chi connectivity index (χ4n) is 0.301. The Morgan fingerprint density at radius 3 is 1.93 bits per heavy atom. The van der Waals surface area contributed by atoms with E-state index in [0.29, 0.717) is 0 Å². The van der Waals surface area contributed by atoms with E-state index in [9.17, 15) is 18.0 Å². The smallest absolute Gasteiger partial charge is 0.476 e. The van der Waals surface area contributed by atoms with E-state index in [-0.39, 0.29) is 5.69 Å². The van der Waals surface area contributed by atoms with Crippen LogP contribution in [0.15, 0.2) is 6.20 Å². The number of aromatic amines is 1. The molecule has 1 aromatic rings. The Hall–Kier alpha value is -2.13. The van der Waals surface area contributed by atoms with Gasteiger partial charge in [0.05, 0.1) is 6.20 Å². The Morgan fingerprint density at radius 2 is 1.80 bits per heavy atom. The van der Waals surface area contributed by atoms with E-state index in [1.165, 1.54) is 0 Å². The van der Waals surface area contributed by atoms with E-state index in [4.69, 9.17) is 15.0 Å². The lowest BCUT2D eigenvalue weighted by Crippen LogP contribution is -2.21. The minimum absolute atomic E-state index is 0.00463. The molecule has 0 aliphatic rings. The second-order valence-corrected chi connectivity index (χ2v) is 1.98. The van der Waals surface area contributed by atoms with Gasteiger partial charge in [-0.2, -0.15) is 13.2 Å². The third kappa shape index (κ3) is 5.23. The van der Waals surface area contributed by atoms with Gasteiger partial charge in [-0.05, 0) is 0 Å². The van der Waals surface area contributed by atoms with Gasteiger partial charge in [0.1, 0.15) is 0 Å². The molecule has 0 radical (unpaired) electrons. The van der Waals surface area contributed by atoms with Crippen molar-refractivity contribution in [3.8, 4) is 0 Å². The van der Waals surface area contributed by atoms with Crippen LogP contribution >= 0.6 is 0 Å². The van der Waals surface area contributed by atoms with Crippen molar-refractivity contribution < 1.29 is 33.0 Å². The minimum atomic E-state index is -5.08. The maximum absolute atomic E-state index is 10.6. The molecule has 0 spiro atoms. The van der Waals surface area contributed by atoms with E-state index in [0.717, 1.165) is 6.20 Å². The third-order valence-electron chi connectivity index (χ3n) is 0.888. The van der Waals surface area contributed by atoms with Crippen LogP contribution in [-0.2, 0) is 4.79 Å². The van der Waals surface area contributed by atoms with Crippen molar-refractivity contribution in [2.45, 2.75) is 6.18 Å². The number of aromatic carboxylic acids is 1. The highest BCUT2D eigenvalue weighted by Gasteiger charge is 2.38. The maximum atomic E-state index is 10.6. The van der Waals surface area contributed by atoms with Gasteiger partial charge >= 0.3 is 18.1 Å². The standard InChI is InChI=1S/C3H3N3O2.C2HF3O2/c7-3(8)2-1-4-6-5-2;3-2(4,5)1(6)7/h1H,(H,7,8)(H,4,5,6);(H,6,7). The van der Waals surface area contributed by atoms with Gasteiger partial charge in [-0.15, -0.1) is 5.10 Å². The number of alkyl halides is 3. The molecule has 0 aliphatic carbocycles. The van der Waals surface area contributed by atoms with Crippen LogP contribution in [0.3, 0.4) is 0 Å². The summed E-state index contributed by atoms with van der Waals surface area (Å²) in [4.78, 5) is 18.8. The summed E-state index contributed by atoms with van der Waals surface area (Å²) in [6.07, 6.45) is -3.94. The van der Waals surface area contributed by atoms with Crippen molar-refractivity contribution in [2.75, 3.05) is 0 Å². The highest BCUT2D eigenvalue weighted by molar-refractivity contribution is 5.84. The van der Waals surface area contributed by atoms with Crippen molar-refractivity contribution in [3.05, 3.63) is 11.9 Å². The number of hydrogen-bond donors (Lipinski definition) is 3. The Labute approximate surface area is 79.5 Å². The molecule has 84 valence electrons. The Bertz CT molecular complexity index is 334. The van der Waals surface area contributed by atoms with Crippen LogP contribution < -0.4 is 0 Å². The molecule has 1 aromatic heterocycles. The van der Waals surface area contributed by atoms with Crippen LogP contribution in [0.25, 0.3) is 0 Å². The molecule has 0 aromatic carbocycles. The summed E-state index contributed by atoms with van der Waals surface area (Å²) in [7, 11) is 0. The number of H-pyrrole nitrogens is 1. The van der Waals surface area contributed by atoms with Crippen molar-refractivity contribution in [1.29, 1.82) is 0 Å². The molecule has 0 aliphatic heterocycles. The summed E-state index contributed by atoms with van der Waals surface area (Å²) in [5.41, 5.74) is 0.00463. The van der Waals surface area contributed by atoms with Crippen molar-refractivity contribution >= 4 is 11.9 Å². The van der Waals surface area contributed by atoms with Gasteiger partial charge in [0.2, 0.25) is 0 Å². The minimum Gasteiger partial charge on any atom is -0.476 e. The van der Waals surface area contributed by atoms with E-state index >= 15 is 0 Å². The maximum Gasteiger partial charge on any atom is 0.490 e. The van der Waals surface area contributed by atoms with Crippen LogP contribution in [0.1, 0.15) is 10.5 Å². The molecule has 15 heavy (non-hydrogen) atoms. The van der Waals surface area contributed by atoms with E-state index in [2.05, 4.69) is 15.4 Å². The average molecular weight is 227 g/mol. The number of aromatic nitrogens is 3. The van der Waals surface area contributed by atoms with Gasteiger partial charge in [0.15, 0.2) is 5.69 Å². The van der Waals surface area contributed by atoms with Crippen molar-refractivity contribution in [3.63, 3.8) is 0 Å². The number of aliphatic carboxylic acids is 1. The molecular weight excluding hydrogens is 223 g/mol. The van der Waals surface area contributed by atoms with E-state index < -0.39 is 18.1 Å². The lowest BCUT2D eigenvalue weighted by Gasteiger charge is -1.93. The second kappa shape index (κ2) is 4.93. The topological polar surface area (TPSA) is 116 Å². The van der Waals surface area contributed by atoms with Crippen LogP contribution in [0.4, 0.5) is 13.2 Å². The van der Waals surface area contributed by atoms with Gasteiger partial charge in [-0.1, -0.05) is 5.21 Å². The zero-order chi connectivity index (χ0) is 12.1. The molecule has 3 N–H and O–H groups in total. The normalized spacial score (nSPS) is 10.1. The Kier molecular flexibility index (Phi) is 4.23. The fraction of sp³-hybridized carbons (Fsp3) is 0.200. The third-order valence-corrected chi connectivity index (χ3v) is 0.888. The summed E-state index contributed by atoms with van der Waals surface area (Å²) >= 11 is 0. The highest BCUT2D eigenvalue weighted by atomic mass is 19.4. The number of carbonyl (C=O) groups is 2. The molecule has 0 amide bonds. The molecule has 10 heteroatoms. The summed E-state index contributed by atoms with van der Waals surface area (Å²) in [6.45, 7) is 0. The largest absolute Gasteiger partial charge is 0.490 e. The molecule has 0 saturated carbocycles. The van der Waals surface area contributed by atoms with Gasteiger partial charge in [0, 0.05) is 0 Å². The molecule has 0 saturated heterocycles. The van der Waals surface area contributed by atoms with E-state index in [1.54, 1.807) is 0 Å². The quantitative estimate of drug-likeness (QED) is 0.628. The monoisotopic (exact) mass is 227 g/mol. The Balaban J connectivity index is 0.000000265. The van der Waals surface area contributed by atoms with Crippen LogP contribution in [0.5, 0.6) is 0 Å². The Morgan fingerprint density at radius 1 is 1.33 bits per heavy atom. The SMILES string of the molecule is O=C(O)C(F)(F)F.O=C(O)c1cnn[nH]1. The predicted molar refractivity (Wildman–Crippen MR) is 37.0 cm³/mol. The van der Waals surface area contributed by atoms with Crippen molar-refractivity contribution in [1.82, 2.24) is 15.4 Å². The molecule has 7 nitrogen and oxygen atoms in total. The number of halogens is 3. The molecule has 0 bridgehead atoms. The molecule has 0 fully saturated rings. The van der Waals surface area contributed by atoms with Gasteiger partial charge in [0.25, 0.3) is 0 Å². The van der Waals surface area contributed by atoms with Gasteiger partial charge < -0.3 is 10.2 Å². The van der Waals surface area contributed by atoms with Gasteiger partial charge in [-0.25, -0.2) is 9.59 Å². The number of hydrogen-bond acceptors (Lipinski definition) is 4. The first-order chi connectivity index (χ1) is 6.75. The summed E-state index contributed by atoms with van der Waals surface area (Å²) in [6, 6.07) is 0. The molecular formula is C5H4F3N3O4. The number of nitrogens with one attached hydrogen (secondary N) is 1. The summed E-state index contributed by atoms with van der Waals surface area (Å²) in [5.74, 6) is -3.80. The summed E-state index contributed by atoms with van der Waals surface area (Å²) < 4.78 is 31.7. The lowest BCUT2D eigenvalue weighted by atomic mass is 10.5. The average Bonchev–Trinajstić information content (AvgIpc) is 2.54. The zero-order valence-electron chi connectivity index (χ0n) is 6.82. The number of rotatable bonds is 1. The van der Waals surface area contributed by atoms with Crippen LogP contribution in [0.2, 0.25) is 0 Å². The highest BCUT2D eigenvalue weighted by Crippen LogP contribution is 2.13. The first-order valence-electron chi connectivity index (χ1n) is 3.14. The van der Waals surface area contributed by atoms with E-state index in [1.807, 2.05) is 0 Å². The summed E-state index contributed by atoms with van der Waals surface area (Å²) in [5, 5.41) is 23.9. The molecule has 1 heterocycles. The zero-order valence-corrected chi connectivity index (χ0v) is 6.82. The number of carboxylic acids is 2. The van der Waals surface area contributed by atoms with Gasteiger partial charge in [-0.3, -0.25) is 5.10 Å². The van der Waals surface area contributed by atoms with Crippen molar-refractivity contribution in [2.24, 2.45) is 0 Å².